The third kappa shape index (κ3) is 1.89. The van der Waals surface area contributed by atoms with Crippen LogP contribution in [0, 0.1) is 6.92 Å². The van der Waals surface area contributed by atoms with Crippen LogP contribution < -0.4 is 5.73 Å². The highest BCUT2D eigenvalue weighted by molar-refractivity contribution is 7.21. The minimum atomic E-state index is 0.0601. The van der Waals surface area contributed by atoms with Crippen molar-refractivity contribution in [3.8, 4) is 0 Å². The zero-order valence-electron chi connectivity index (χ0n) is 11.1. The molecule has 3 rings (SSSR count). The fourth-order valence-electron chi connectivity index (χ4n) is 2.73. The van der Waals surface area contributed by atoms with Gasteiger partial charge in [0.1, 0.15) is 9.71 Å². The summed E-state index contributed by atoms with van der Waals surface area (Å²) in [5.74, 6) is 0.0601. The Morgan fingerprint density at radius 1 is 1.58 bits per heavy atom. The van der Waals surface area contributed by atoms with E-state index in [2.05, 4.69) is 11.9 Å². The van der Waals surface area contributed by atoms with E-state index in [0.29, 0.717) is 16.6 Å². The monoisotopic (exact) mass is 275 g/mol. The zero-order chi connectivity index (χ0) is 13.6. The van der Waals surface area contributed by atoms with Crippen LogP contribution in [0.25, 0.3) is 10.2 Å². The summed E-state index contributed by atoms with van der Waals surface area (Å²) in [7, 11) is 0. The predicted octanol–water partition coefficient (Wildman–Crippen LogP) is 2.81. The van der Waals surface area contributed by atoms with Crippen molar-refractivity contribution in [1.82, 2.24) is 9.88 Å². The second-order valence-electron chi connectivity index (χ2n) is 5.14. The van der Waals surface area contributed by atoms with Gasteiger partial charge in [0.25, 0.3) is 5.91 Å². The highest BCUT2D eigenvalue weighted by atomic mass is 32.1. The summed E-state index contributed by atoms with van der Waals surface area (Å²) in [6.07, 6.45) is 3.92. The van der Waals surface area contributed by atoms with E-state index in [9.17, 15) is 4.79 Å². The van der Waals surface area contributed by atoms with Crippen molar-refractivity contribution >= 4 is 33.1 Å². The number of aromatic nitrogens is 1. The summed E-state index contributed by atoms with van der Waals surface area (Å²) in [4.78, 5) is 20.3. The summed E-state index contributed by atoms with van der Waals surface area (Å²) in [5, 5.41) is 0.933. The van der Waals surface area contributed by atoms with Gasteiger partial charge in [0, 0.05) is 24.2 Å². The number of fused-ring (bicyclic) bond motifs is 1. The van der Waals surface area contributed by atoms with Crippen LogP contribution in [-0.2, 0) is 0 Å². The Kier molecular flexibility index (Phi) is 2.93. The average Bonchev–Trinajstić information content (AvgIpc) is 2.94. The number of carbonyl (C=O) groups is 1. The van der Waals surface area contributed by atoms with Crippen molar-refractivity contribution in [2.45, 2.75) is 32.7 Å². The normalized spacial score (nSPS) is 19.3. The maximum atomic E-state index is 12.6. The Morgan fingerprint density at radius 3 is 3.00 bits per heavy atom. The van der Waals surface area contributed by atoms with Crippen LogP contribution in [0.2, 0.25) is 0 Å². The summed E-state index contributed by atoms with van der Waals surface area (Å²) in [6.45, 7) is 4.93. The first-order chi connectivity index (χ1) is 9.09. The third-order valence-corrected chi connectivity index (χ3v) is 4.95. The van der Waals surface area contributed by atoms with E-state index in [1.165, 1.54) is 11.3 Å². The zero-order valence-corrected chi connectivity index (χ0v) is 12.0. The minimum Gasteiger partial charge on any atom is -0.397 e. The number of nitrogens with two attached hydrogens (primary N) is 1. The van der Waals surface area contributed by atoms with E-state index in [1.807, 2.05) is 17.9 Å². The van der Waals surface area contributed by atoms with Gasteiger partial charge < -0.3 is 10.6 Å². The van der Waals surface area contributed by atoms with Gasteiger partial charge >= 0.3 is 0 Å². The molecular weight excluding hydrogens is 258 g/mol. The molecule has 0 aromatic carbocycles. The van der Waals surface area contributed by atoms with E-state index in [4.69, 9.17) is 5.73 Å². The summed E-state index contributed by atoms with van der Waals surface area (Å²) < 4.78 is 0. The van der Waals surface area contributed by atoms with Gasteiger partial charge in [-0.25, -0.2) is 4.98 Å². The molecule has 1 fully saturated rings. The van der Waals surface area contributed by atoms with Crippen molar-refractivity contribution < 1.29 is 4.79 Å². The van der Waals surface area contributed by atoms with Crippen LogP contribution in [0.5, 0.6) is 0 Å². The molecule has 1 unspecified atom stereocenters. The SMILES string of the molecule is Cc1ccnc2sc(C(=O)N3CCCC3C)c(N)c12. The summed E-state index contributed by atoms with van der Waals surface area (Å²) >= 11 is 1.41. The van der Waals surface area contributed by atoms with Gasteiger partial charge in [-0.3, -0.25) is 4.79 Å². The second kappa shape index (κ2) is 4.49. The molecule has 1 atom stereocenters. The van der Waals surface area contributed by atoms with Crippen molar-refractivity contribution in [2.75, 3.05) is 12.3 Å². The molecule has 0 aliphatic carbocycles. The second-order valence-corrected chi connectivity index (χ2v) is 6.14. The molecule has 4 nitrogen and oxygen atoms in total. The highest BCUT2D eigenvalue weighted by Gasteiger charge is 2.29. The van der Waals surface area contributed by atoms with Crippen molar-refractivity contribution in [3.63, 3.8) is 0 Å². The predicted molar refractivity (Wildman–Crippen MR) is 78.5 cm³/mol. The Morgan fingerprint density at radius 2 is 2.37 bits per heavy atom. The van der Waals surface area contributed by atoms with Crippen molar-refractivity contribution in [3.05, 3.63) is 22.7 Å². The van der Waals surface area contributed by atoms with E-state index in [-0.39, 0.29) is 5.91 Å². The van der Waals surface area contributed by atoms with Crippen molar-refractivity contribution in [2.24, 2.45) is 0 Å². The highest BCUT2D eigenvalue weighted by Crippen LogP contribution is 2.36. The fourth-order valence-corrected chi connectivity index (χ4v) is 3.82. The molecular formula is C14H17N3OS. The molecule has 0 saturated carbocycles. The van der Waals surface area contributed by atoms with Gasteiger partial charge in [-0.2, -0.15) is 0 Å². The number of rotatable bonds is 1. The third-order valence-electron chi connectivity index (χ3n) is 3.85. The number of nitrogens with zero attached hydrogens (tertiary/aromatic N) is 2. The Bertz CT molecular complexity index is 649. The van der Waals surface area contributed by atoms with E-state index in [1.54, 1.807) is 6.20 Å². The Hall–Kier alpha value is -1.62. The van der Waals surface area contributed by atoms with Crippen molar-refractivity contribution in [1.29, 1.82) is 0 Å². The lowest BCUT2D eigenvalue weighted by molar-refractivity contribution is 0.0753. The molecule has 0 spiro atoms. The number of carbonyl (C=O) groups excluding carboxylic acids is 1. The van der Waals surface area contributed by atoms with Gasteiger partial charge in [-0.05, 0) is 38.3 Å². The largest absolute Gasteiger partial charge is 0.397 e. The summed E-state index contributed by atoms with van der Waals surface area (Å²) in [5.41, 5.74) is 7.85. The first kappa shape index (κ1) is 12.4. The van der Waals surface area contributed by atoms with E-state index < -0.39 is 0 Å². The first-order valence-electron chi connectivity index (χ1n) is 6.54. The van der Waals surface area contributed by atoms with Crippen LogP contribution in [0.15, 0.2) is 12.3 Å². The Labute approximate surface area is 116 Å². The Balaban J connectivity index is 2.08. The molecule has 0 bridgehead atoms. The lowest BCUT2D eigenvalue weighted by atomic mass is 10.1. The van der Waals surface area contributed by atoms with Crippen LogP contribution >= 0.6 is 11.3 Å². The quantitative estimate of drug-likeness (QED) is 0.870. The smallest absolute Gasteiger partial charge is 0.266 e. The van der Waals surface area contributed by atoms with Crippen LogP contribution in [0.3, 0.4) is 0 Å². The number of likely N-dealkylation sites (tertiary alicyclic amines) is 1. The lowest BCUT2D eigenvalue weighted by Gasteiger charge is -2.20. The fraction of sp³-hybridized carbons (Fsp3) is 0.429. The molecule has 1 aliphatic rings. The molecule has 100 valence electrons. The van der Waals surface area contributed by atoms with Gasteiger partial charge in [0.05, 0.1) is 5.69 Å². The molecule has 2 aromatic rings. The number of aryl methyl sites for hydroxylation is 1. The molecule has 3 heterocycles. The van der Waals surface area contributed by atoms with E-state index >= 15 is 0 Å². The number of amides is 1. The summed E-state index contributed by atoms with van der Waals surface area (Å²) in [6, 6.07) is 2.24. The van der Waals surface area contributed by atoms with Gasteiger partial charge in [0.15, 0.2) is 0 Å². The number of nitrogen functional groups attached to an aromatic ring is 1. The maximum Gasteiger partial charge on any atom is 0.266 e. The number of hydrogen-bond acceptors (Lipinski definition) is 4. The van der Waals surface area contributed by atoms with Crippen LogP contribution in [0.1, 0.15) is 35.0 Å². The molecule has 2 aromatic heterocycles. The number of anilines is 1. The number of hydrogen-bond donors (Lipinski definition) is 1. The number of thiophene rings is 1. The first-order valence-corrected chi connectivity index (χ1v) is 7.35. The van der Waals surface area contributed by atoms with Gasteiger partial charge in [0.2, 0.25) is 0 Å². The standard InChI is InChI=1S/C14H17N3OS/c1-8-5-6-16-13-10(8)11(15)12(19-13)14(18)17-7-3-4-9(17)2/h5-6,9H,3-4,7,15H2,1-2H3. The molecule has 1 aliphatic heterocycles. The number of pyridine rings is 1. The molecule has 1 amide bonds. The van der Waals surface area contributed by atoms with Gasteiger partial charge in [-0.15, -0.1) is 11.3 Å². The minimum absolute atomic E-state index is 0.0601. The average molecular weight is 275 g/mol. The van der Waals surface area contributed by atoms with Gasteiger partial charge in [-0.1, -0.05) is 0 Å². The molecule has 1 saturated heterocycles. The maximum absolute atomic E-state index is 12.6. The van der Waals surface area contributed by atoms with E-state index in [0.717, 1.165) is 35.2 Å². The van der Waals surface area contributed by atoms with Crippen LogP contribution in [-0.4, -0.2) is 28.4 Å². The van der Waals surface area contributed by atoms with Crippen LogP contribution in [0.4, 0.5) is 5.69 Å². The molecule has 0 radical (unpaired) electrons. The lowest BCUT2D eigenvalue weighted by Crippen LogP contribution is -2.33. The topological polar surface area (TPSA) is 59.2 Å². The molecule has 19 heavy (non-hydrogen) atoms. The molecule has 2 N–H and O–H groups in total. The molecule has 5 heteroatoms.